The van der Waals surface area contributed by atoms with Crippen LogP contribution in [0.3, 0.4) is 0 Å². The summed E-state index contributed by atoms with van der Waals surface area (Å²) in [4.78, 5) is 24.7. The first kappa shape index (κ1) is 21.9. The maximum absolute atomic E-state index is 13.1. The van der Waals surface area contributed by atoms with Crippen molar-refractivity contribution in [2.24, 2.45) is 11.8 Å². The van der Waals surface area contributed by atoms with E-state index in [1.54, 1.807) is 13.3 Å². The molecule has 3 fully saturated rings. The number of rotatable bonds is 7. The number of aryl methyl sites for hydroxylation is 1. The lowest BCUT2D eigenvalue weighted by Gasteiger charge is -2.26. The lowest BCUT2D eigenvalue weighted by molar-refractivity contribution is 0.0867. The van der Waals surface area contributed by atoms with Crippen molar-refractivity contribution in [3.05, 3.63) is 41.1 Å². The minimum absolute atomic E-state index is 0.0726. The van der Waals surface area contributed by atoms with Gasteiger partial charge in [0.25, 0.3) is 5.91 Å². The molecule has 1 saturated heterocycles. The van der Waals surface area contributed by atoms with Crippen molar-refractivity contribution in [2.75, 3.05) is 30.4 Å². The molecule has 2 aliphatic carbocycles. The second-order valence-corrected chi connectivity index (χ2v) is 9.73. The minimum Gasteiger partial charge on any atom is -0.496 e. The first-order chi connectivity index (χ1) is 16.0. The second-order valence-electron chi connectivity index (χ2n) is 9.73. The molecular weight excluding hydrogens is 418 g/mol. The maximum Gasteiger partial charge on any atom is 0.256 e. The van der Waals surface area contributed by atoms with Gasteiger partial charge in [-0.2, -0.15) is 4.98 Å². The number of aliphatic hydroxyl groups is 1. The zero-order valence-electron chi connectivity index (χ0n) is 19.4. The largest absolute Gasteiger partial charge is 0.496 e. The normalized spacial score (nSPS) is 26.0. The molecule has 2 atom stereocenters. The predicted molar refractivity (Wildman–Crippen MR) is 127 cm³/mol. The van der Waals surface area contributed by atoms with Gasteiger partial charge in [0.15, 0.2) is 0 Å². The van der Waals surface area contributed by atoms with Gasteiger partial charge in [-0.25, -0.2) is 4.98 Å². The molecule has 0 radical (unpaired) electrons. The van der Waals surface area contributed by atoms with Crippen LogP contribution in [0.4, 0.5) is 11.8 Å². The Labute approximate surface area is 194 Å². The second kappa shape index (κ2) is 9.17. The number of hydrogen-bond donors (Lipinski definition) is 3. The summed E-state index contributed by atoms with van der Waals surface area (Å²) in [6.45, 7) is 4.56. The van der Waals surface area contributed by atoms with Crippen LogP contribution in [0.1, 0.15) is 53.6 Å². The fraction of sp³-hybridized carbons (Fsp3) is 0.560. The summed E-state index contributed by atoms with van der Waals surface area (Å²) in [6, 6.07) is 6.12. The summed E-state index contributed by atoms with van der Waals surface area (Å²) in [5.41, 5.74) is 2.61. The predicted octanol–water partition coefficient (Wildman–Crippen LogP) is 2.90. The Morgan fingerprint density at radius 1 is 1.21 bits per heavy atom. The lowest BCUT2D eigenvalue weighted by atomic mass is 9.93. The van der Waals surface area contributed by atoms with Crippen molar-refractivity contribution in [1.82, 2.24) is 15.3 Å². The van der Waals surface area contributed by atoms with Crippen molar-refractivity contribution >= 4 is 17.7 Å². The molecule has 1 amide bonds. The molecule has 2 unspecified atom stereocenters. The van der Waals surface area contributed by atoms with Crippen LogP contribution in [-0.4, -0.2) is 53.3 Å². The monoisotopic (exact) mass is 451 g/mol. The quantitative estimate of drug-likeness (QED) is 0.595. The van der Waals surface area contributed by atoms with Gasteiger partial charge < -0.3 is 25.4 Å². The van der Waals surface area contributed by atoms with Crippen molar-refractivity contribution in [3.8, 4) is 5.75 Å². The molecule has 8 heteroatoms. The Balaban J connectivity index is 1.34. The van der Waals surface area contributed by atoms with Crippen molar-refractivity contribution in [1.29, 1.82) is 0 Å². The Kier molecular flexibility index (Phi) is 6.10. The van der Waals surface area contributed by atoms with E-state index in [-0.39, 0.29) is 18.1 Å². The molecule has 5 rings (SSSR count). The molecule has 1 aromatic carbocycles. The van der Waals surface area contributed by atoms with Crippen LogP contribution < -0.4 is 20.3 Å². The molecule has 176 valence electrons. The molecular formula is C25H33N5O3. The van der Waals surface area contributed by atoms with E-state index in [4.69, 9.17) is 9.72 Å². The number of amides is 1. The third-order valence-electron chi connectivity index (χ3n) is 7.23. The van der Waals surface area contributed by atoms with Crippen LogP contribution in [0.25, 0.3) is 0 Å². The van der Waals surface area contributed by atoms with E-state index in [0.717, 1.165) is 67.5 Å². The summed E-state index contributed by atoms with van der Waals surface area (Å²) in [5.74, 6) is 3.48. The number of nitrogens with zero attached hydrogens (tertiary/aromatic N) is 3. The van der Waals surface area contributed by atoms with Gasteiger partial charge in [0.1, 0.15) is 17.1 Å². The van der Waals surface area contributed by atoms with Crippen LogP contribution in [0.5, 0.6) is 5.75 Å². The summed E-state index contributed by atoms with van der Waals surface area (Å²) in [5, 5.41) is 16.3. The summed E-state index contributed by atoms with van der Waals surface area (Å²) < 4.78 is 5.36. The summed E-state index contributed by atoms with van der Waals surface area (Å²) >= 11 is 0. The number of hydrogen-bond acceptors (Lipinski definition) is 7. The highest BCUT2D eigenvalue weighted by atomic mass is 16.5. The first-order valence-electron chi connectivity index (χ1n) is 12.0. The number of methoxy groups -OCH3 is 1. The van der Waals surface area contributed by atoms with Gasteiger partial charge in [0, 0.05) is 31.9 Å². The first-order valence-corrected chi connectivity index (χ1v) is 12.0. The van der Waals surface area contributed by atoms with Gasteiger partial charge in [-0.15, -0.1) is 0 Å². The average molecular weight is 452 g/mol. The summed E-state index contributed by atoms with van der Waals surface area (Å²) in [7, 11) is 1.67. The molecule has 33 heavy (non-hydrogen) atoms. The van der Waals surface area contributed by atoms with Crippen molar-refractivity contribution in [2.45, 2.75) is 57.7 Å². The fourth-order valence-corrected chi connectivity index (χ4v) is 5.11. The third kappa shape index (κ3) is 4.90. The van der Waals surface area contributed by atoms with E-state index in [1.165, 1.54) is 6.42 Å². The third-order valence-corrected chi connectivity index (χ3v) is 7.23. The zero-order valence-corrected chi connectivity index (χ0v) is 19.4. The Bertz CT molecular complexity index is 1010. The molecule has 0 bridgehead atoms. The standard InChI is InChI=1S/C25H33N5O3/c1-15-9-16(3-8-22(15)33-2)11-26-23-21(24(32)28-19-4-6-20(31)7-5-19)12-27-25(29-23)30-13-17-10-18(17)14-30/h3,8-9,12,17-20,31H,4-7,10-11,13-14H2,1-2H3,(H,28,32)(H,26,27,29)/t17?,18?,19-,20-. The van der Waals surface area contributed by atoms with Crippen LogP contribution in [-0.2, 0) is 6.54 Å². The highest BCUT2D eigenvalue weighted by molar-refractivity contribution is 5.98. The van der Waals surface area contributed by atoms with Crippen molar-refractivity contribution < 1.29 is 14.6 Å². The molecule has 0 spiro atoms. The molecule has 2 heterocycles. The number of fused-ring (bicyclic) bond motifs is 1. The van der Waals surface area contributed by atoms with Crippen LogP contribution in [0.15, 0.2) is 24.4 Å². The van der Waals surface area contributed by atoms with Gasteiger partial charge in [-0.1, -0.05) is 12.1 Å². The van der Waals surface area contributed by atoms with Crippen LogP contribution >= 0.6 is 0 Å². The van der Waals surface area contributed by atoms with Gasteiger partial charge in [-0.3, -0.25) is 4.79 Å². The molecule has 3 N–H and O–H groups in total. The smallest absolute Gasteiger partial charge is 0.256 e. The number of carbonyl (C=O) groups is 1. The van der Waals surface area contributed by atoms with E-state index in [0.29, 0.717) is 23.9 Å². The number of aromatic nitrogens is 2. The van der Waals surface area contributed by atoms with Gasteiger partial charge in [0.2, 0.25) is 5.95 Å². The van der Waals surface area contributed by atoms with E-state index in [1.807, 2.05) is 19.1 Å². The van der Waals surface area contributed by atoms with E-state index in [2.05, 4.69) is 26.6 Å². The number of piperidine rings is 1. The minimum atomic E-state index is -0.252. The molecule has 2 aromatic rings. The van der Waals surface area contributed by atoms with Gasteiger partial charge in [0.05, 0.1) is 13.2 Å². The Hall–Kier alpha value is -2.87. The van der Waals surface area contributed by atoms with Gasteiger partial charge >= 0.3 is 0 Å². The number of carbonyl (C=O) groups excluding carboxylic acids is 1. The molecule has 1 aromatic heterocycles. The van der Waals surface area contributed by atoms with Crippen LogP contribution in [0, 0.1) is 18.8 Å². The lowest BCUT2D eigenvalue weighted by Crippen LogP contribution is -2.39. The summed E-state index contributed by atoms with van der Waals surface area (Å²) in [6.07, 6.45) is 5.74. The SMILES string of the molecule is COc1ccc(CNc2nc(N3CC4CC4C3)ncc2C(=O)N[C@H]2CC[C@H](O)CC2)cc1C. The van der Waals surface area contributed by atoms with Gasteiger partial charge in [-0.05, 0) is 68.1 Å². The number of aliphatic hydroxyl groups excluding tert-OH is 1. The fourth-order valence-electron chi connectivity index (χ4n) is 5.11. The molecule has 8 nitrogen and oxygen atoms in total. The topological polar surface area (TPSA) is 99.6 Å². The van der Waals surface area contributed by atoms with Crippen molar-refractivity contribution in [3.63, 3.8) is 0 Å². The number of nitrogens with one attached hydrogen (secondary N) is 2. The van der Waals surface area contributed by atoms with E-state index < -0.39 is 0 Å². The van der Waals surface area contributed by atoms with Crippen LogP contribution in [0.2, 0.25) is 0 Å². The molecule has 2 saturated carbocycles. The van der Waals surface area contributed by atoms with E-state index >= 15 is 0 Å². The molecule has 1 aliphatic heterocycles. The number of ether oxygens (including phenoxy) is 1. The number of anilines is 2. The maximum atomic E-state index is 13.1. The average Bonchev–Trinajstić information content (AvgIpc) is 3.43. The van der Waals surface area contributed by atoms with E-state index in [9.17, 15) is 9.90 Å². The Morgan fingerprint density at radius 3 is 2.67 bits per heavy atom. The highest BCUT2D eigenvalue weighted by Crippen LogP contribution is 2.45. The highest BCUT2D eigenvalue weighted by Gasteiger charge is 2.46. The molecule has 3 aliphatic rings. The number of benzene rings is 1. The Morgan fingerprint density at radius 2 is 1.97 bits per heavy atom. The zero-order chi connectivity index (χ0) is 22.9.